The third-order valence-corrected chi connectivity index (χ3v) is 7.13. The molecule has 2 aliphatic rings. The number of hydrogen-bond acceptors (Lipinski definition) is 9. The molecular formula is C29H38N6O3. The summed E-state index contributed by atoms with van der Waals surface area (Å²) >= 11 is 0. The number of benzene rings is 1. The third kappa shape index (κ3) is 6.50. The molecule has 0 atom stereocenters. The smallest absolute Gasteiger partial charge is 0.357 e. The molecular weight excluding hydrogens is 480 g/mol. The van der Waals surface area contributed by atoms with Crippen molar-refractivity contribution in [2.24, 2.45) is 5.92 Å². The number of carbonyl (C=O) groups is 1. The second kappa shape index (κ2) is 12.9. The first-order valence-electron chi connectivity index (χ1n) is 13.5. The number of carbonyl (C=O) groups excluding carboxylic acids is 1. The molecule has 0 amide bonds. The molecule has 0 saturated carbocycles. The average Bonchev–Trinajstić information content (AvgIpc) is 2.94. The number of nitrogens with zero attached hydrogens (tertiary/aromatic N) is 4. The highest BCUT2D eigenvalue weighted by Gasteiger charge is 2.26. The molecule has 0 aliphatic carbocycles. The van der Waals surface area contributed by atoms with Crippen LogP contribution in [-0.2, 0) is 9.47 Å². The number of ether oxygens (including phenoxy) is 2. The Labute approximate surface area is 225 Å². The number of rotatable bonds is 9. The fourth-order valence-electron chi connectivity index (χ4n) is 4.95. The van der Waals surface area contributed by atoms with Gasteiger partial charge in [-0.3, -0.25) is 4.90 Å². The van der Waals surface area contributed by atoms with Gasteiger partial charge < -0.3 is 25.1 Å². The predicted molar refractivity (Wildman–Crippen MR) is 149 cm³/mol. The van der Waals surface area contributed by atoms with Gasteiger partial charge in [0.2, 0.25) is 0 Å². The molecule has 2 N–H and O–H groups in total. The first kappa shape index (κ1) is 27.6. The van der Waals surface area contributed by atoms with E-state index in [9.17, 15) is 4.79 Å². The number of nitrogens with one attached hydrogen (secondary N) is 2. The molecule has 0 unspecified atom stereocenters. The maximum absolute atomic E-state index is 12.8. The minimum atomic E-state index is -0.479. The highest BCUT2D eigenvalue weighted by atomic mass is 16.5. The van der Waals surface area contributed by atoms with Crippen LogP contribution in [0.2, 0.25) is 0 Å². The Hall–Kier alpha value is -3.48. The summed E-state index contributed by atoms with van der Waals surface area (Å²) in [6.07, 6.45) is 1.70. The summed E-state index contributed by atoms with van der Waals surface area (Å²) in [5.41, 5.74) is 4.24. The number of hydrogen-bond donors (Lipinski definition) is 2. The van der Waals surface area contributed by atoms with Gasteiger partial charge in [0.15, 0.2) is 5.69 Å². The van der Waals surface area contributed by atoms with Gasteiger partial charge in [0.05, 0.1) is 32.4 Å². The number of nitriles is 1. The number of anilines is 2. The largest absolute Gasteiger partial charge is 0.461 e. The van der Waals surface area contributed by atoms with Crippen molar-refractivity contribution in [3.8, 4) is 17.2 Å². The van der Waals surface area contributed by atoms with Crippen molar-refractivity contribution in [2.75, 3.05) is 62.8 Å². The standard InChI is InChI=1S/C29H38N6O3/c1-4-38-29(36)25-19-24(21-5-7-23(8-6-21)35-15-17-37-18-16-35)26(27(31)20(2)3)28(33-25)32-22-9-12-34(13-10-22)14-11-30/h5-8,19-20,22,31H,4,9-10,12-18H2,1-3H3,(H,32,33). The van der Waals surface area contributed by atoms with E-state index in [1.807, 2.05) is 13.8 Å². The first-order valence-corrected chi connectivity index (χ1v) is 13.5. The second-order valence-corrected chi connectivity index (χ2v) is 10.1. The van der Waals surface area contributed by atoms with Crippen molar-refractivity contribution in [3.63, 3.8) is 0 Å². The van der Waals surface area contributed by atoms with Crippen LogP contribution in [0.4, 0.5) is 11.5 Å². The average molecular weight is 519 g/mol. The number of pyridine rings is 1. The molecule has 38 heavy (non-hydrogen) atoms. The van der Waals surface area contributed by atoms with Crippen molar-refractivity contribution in [1.29, 1.82) is 10.7 Å². The molecule has 9 nitrogen and oxygen atoms in total. The Morgan fingerprint density at radius 1 is 1.21 bits per heavy atom. The van der Waals surface area contributed by atoms with Gasteiger partial charge in [-0.1, -0.05) is 26.0 Å². The summed E-state index contributed by atoms with van der Waals surface area (Å²) < 4.78 is 10.8. The van der Waals surface area contributed by atoms with Crippen LogP contribution in [0.15, 0.2) is 30.3 Å². The van der Waals surface area contributed by atoms with E-state index < -0.39 is 5.97 Å². The van der Waals surface area contributed by atoms with E-state index in [0.29, 0.717) is 23.6 Å². The van der Waals surface area contributed by atoms with Crippen molar-refractivity contribution in [3.05, 3.63) is 41.6 Å². The van der Waals surface area contributed by atoms with Gasteiger partial charge in [0, 0.05) is 49.2 Å². The maximum Gasteiger partial charge on any atom is 0.357 e. The van der Waals surface area contributed by atoms with Crippen molar-refractivity contribution < 1.29 is 14.3 Å². The summed E-state index contributed by atoms with van der Waals surface area (Å²) in [7, 11) is 0. The van der Waals surface area contributed by atoms with E-state index in [-0.39, 0.29) is 24.3 Å². The van der Waals surface area contributed by atoms with Crippen LogP contribution in [0.25, 0.3) is 11.1 Å². The van der Waals surface area contributed by atoms with E-state index >= 15 is 0 Å². The van der Waals surface area contributed by atoms with Crippen LogP contribution in [0.5, 0.6) is 0 Å². The normalized spacial score (nSPS) is 16.8. The number of aromatic nitrogens is 1. The highest BCUT2D eigenvalue weighted by Crippen LogP contribution is 2.34. The van der Waals surface area contributed by atoms with E-state index in [4.69, 9.17) is 25.1 Å². The van der Waals surface area contributed by atoms with Gasteiger partial charge in [-0.2, -0.15) is 5.26 Å². The number of morpholine rings is 1. The highest BCUT2D eigenvalue weighted by molar-refractivity contribution is 6.10. The van der Waals surface area contributed by atoms with Crippen LogP contribution < -0.4 is 10.2 Å². The van der Waals surface area contributed by atoms with E-state index in [1.54, 1.807) is 13.0 Å². The third-order valence-electron chi connectivity index (χ3n) is 7.13. The molecule has 1 aromatic carbocycles. The SMILES string of the molecule is CCOC(=O)c1cc(-c2ccc(N3CCOCC3)cc2)c(C(=N)C(C)C)c(NC2CCN(CC#N)CC2)n1. The zero-order valence-corrected chi connectivity index (χ0v) is 22.6. The van der Waals surface area contributed by atoms with Crippen LogP contribution in [-0.4, -0.2) is 80.2 Å². The molecule has 9 heteroatoms. The molecule has 202 valence electrons. The number of piperidine rings is 1. The Kier molecular flexibility index (Phi) is 9.32. The molecule has 4 rings (SSSR count). The summed E-state index contributed by atoms with van der Waals surface area (Å²) in [6, 6.07) is 12.4. The van der Waals surface area contributed by atoms with Crippen molar-refractivity contribution in [1.82, 2.24) is 9.88 Å². The fraction of sp³-hybridized carbons (Fsp3) is 0.517. The monoisotopic (exact) mass is 518 g/mol. The van der Waals surface area contributed by atoms with Gasteiger partial charge in [0.25, 0.3) is 0 Å². The summed E-state index contributed by atoms with van der Waals surface area (Å²) in [6.45, 7) is 11.2. The molecule has 0 radical (unpaired) electrons. The van der Waals surface area contributed by atoms with E-state index in [1.165, 1.54) is 0 Å². The number of likely N-dealkylation sites (tertiary alicyclic amines) is 1. The first-order chi connectivity index (χ1) is 18.4. The van der Waals surface area contributed by atoms with Crippen LogP contribution >= 0.6 is 0 Å². The molecule has 1 aromatic heterocycles. The summed E-state index contributed by atoms with van der Waals surface area (Å²) in [4.78, 5) is 22.0. The lowest BCUT2D eigenvalue weighted by molar-refractivity contribution is 0.0519. The van der Waals surface area contributed by atoms with E-state index in [2.05, 4.69) is 45.5 Å². The van der Waals surface area contributed by atoms with Gasteiger partial charge >= 0.3 is 5.97 Å². The predicted octanol–water partition coefficient (Wildman–Crippen LogP) is 4.19. The molecule has 3 heterocycles. The lowest BCUT2D eigenvalue weighted by atomic mass is 9.91. The maximum atomic E-state index is 12.8. The van der Waals surface area contributed by atoms with Crippen LogP contribution in [0.1, 0.15) is 49.7 Å². The van der Waals surface area contributed by atoms with Gasteiger partial charge in [0.1, 0.15) is 5.82 Å². The molecule has 0 bridgehead atoms. The Morgan fingerprint density at radius 2 is 1.89 bits per heavy atom. The minimum Gasteiger partial charge on any atom is -0.461 e. The summed E-state index contributed by atoms with van der Waals surface area (Å²) in [5.74, 6) is 0.0306. The van der Waals surface area contributed by atoms with Gasteiger partial charge in [-0.25, -0.2) is 9.78 Å². The molecule has 2 aromatic rings. The Morgan fingerprint density at radius 3 is 2.50 bits per heavy atom. The molecule has 2 fully saturated rings. The lowest BCUT2D eigenvalue weighted by Crippen LogP contribution is -2.39. The minimum absolute atomic E-state index is 0.0327. The molecule has 0 spiro atoms. The zero-order chi connectivity index (χ0) is 27.1. The molecule has 2 aliphatic heterocycles. The van der Waals surface area contributed by atoms with E-state index in [0.717, 1.165) is 69.0 Å². The fourth-order valence-corrected chi connectivity index (χ4v) is 4.95. The van der Waals surface area contributed by atoms with Gasteiger partial charge in [-0.15, -0.1) is 0 Å². The topological polar surface area (TPSA) is 115 Å². The van der Waals surface area contributed by atoms with Crippen LogP contribution in [0, 0.1) is 22.7 Å². The van der Waals surface area contributed by atoms with Gasteiger partial charge in [-0.05, 0) is 55.0 Å². The Balaban J connectivity index is 1.74. The molecule has 2 saturated heterocycles. The second-order valence-electron chi connectivity index (χ2n) is 10.1. The summed E-state index contributed by atoms with van der Waals surface area (Å²) in [5, 5.41) is 21.6. The van der Waals surface area contributed by atoms with Crippen molar-refractivity contribution >= 4 is 23.2 Å². The lowest BCUT2D eigenvalue weighted by Gasteiger charge is -2.32. The van der Waals surface area contributed by atoms with Crippen LogP contribution in [0.3, 0.4) is 0 Å². The Bertz CT molecular complexity index is 1160. The van der Waals surface area contributed by atoms with Crippen molar-refractivity contribution in [2.45, 2.75) is 39.7 Å². The quantitative estimate of drug-likeness (QED) is 0.289. The number of esters is 1. The zero-order valence-electron chi connectivity index (χ0n) is 22.6.